The largest absolute Gasteiger partial charge is 0.466 e. The lowest BCUT2D eigenvalue weighted by Gasteiger charge is -2.06. The summed E-state index contributed by atoms with van der Waals surface area (Å²) >= 11 is 0. The molecule has 0 amide bonds. The Balaban J connectivity index is 0. The minimum absolute atomic E-state index is 0.0182. The van der Waals surface area contributed by atoms with Gasteiger partial charge >= 0.3 is 23.9 Å². The Kier molecular flexibility index (Phi) is 65.0. The fraction of sp³-hybridized carbons (Fsp3) is 0.938. The van der Waals surface area contributed by atoms with E-state index in [2.05, 4.69) is 27.7 Å². The quantitative estimate of drug-likeness (QED) is 0.0337. The Morgan fingerprint density at radius 3 is 0.458 bits per heavy atom. The van der Waals surface area contributed by atoms with E-state index in [-0.39, 0.29) is 23.9 Å². The molecular formula is C64H124O8. The minimum atomic E-state index is -0.0204. The molecule has 72 heavy (non-hydrogen) atoms. The number of ether oxygens (including phenoxy) is 4. The van der Waals surface area contributed by atoms with Gasteiger partial charge in [0.2, 0.25) is 0 Å². The van der Waals surface area contributed by atoms with Crippen LogP contribution in [0.4, 0.5) is 0 Å². The Morgan fingerprint density at radius 1 is 0.181 bits per heavy atom. The van der Waals surface area contributed by atoms with E-state index >= 15 is 0 Å². The van der Waals surface area contributed by atoms with E-state index in [1.165, 1.54) is 205 Å². The molecule has 0 N–H and O–H groups in total. The van der Waals surface area contributed by atoms with E-state index in [1.807, 2.05) is 0 Å². The van der Waals surface area contributed by atoms with Gasteiger partial charge in [-0.15, -0.1) is 0 Å². The van der Waals surface area contributed by atoms with Crippen molar-refractivity contribution in [2.75, 3.05) is 26.4 Å². The summed E-state index contributed by atoms with van der Waals surface area (Å²) in [6, 6.07) is 0. The van der Waals surface area contributed by atoms with Crippen LogP contribution < -0.4 is 0 Å². The lowest BCUT2D eigenvalue weighted by Crippen LogP contribution is -2.06. The molecule has 0 spiro atoms. The summed E-state index contributed by atoms with van der Waals surface area (Å²) in [5.74, 6) is -0.0773. The lowest BCUT2D eigenvalue weighted by molar-refractivity contribution is -0.144. The van der Waals surface area contributed by atoms with Crippen LogP contribution in [0, 0.1) is 0 Å². The van der Waals surface area contributed by atoms with Crippen LogP contribution in [0.2, 0.25) is 0 Å². The van der Waals surface area contributed by atoms with E-state index in [1.54, 1.807) is 0 Å². The fourth-order valence-electron chi connectivity index (χ4n) is 9.18. The zero-order valence-electron chi connectivity index (χ0n) is 48.9. The third-order valence-electron chi connectivity index (χ3n) is 14.1. The highest BCUT2D eigenvalue weighted by molar-refractivity contribution is 5.70. The Labute approximate surface area is 448 Å². The second-order valence-corrected chi connectivity index (χ2v) is 21.4. The molecule has 0 atom stereocenters. The van der Waals surface area contributed by atoms with Crippen LogP contribution in [-0.2, 0) is 38.1 Å². The summed E-state index contributed by atoms with van der Waals surface area (Å²) in [4.78, 5) is 47.2. The maximum Gasteiger partial charge on any atom is 0.305 e. The van der Waals surface area contributed by atoms with Crippen molar-refractivity contribution in [2.45, 2.75) is 362 Å². The van der Waals surface area contributed by atoms with Crippen LogP contribution in [0.25, 0.3) is 0 Å². The predicted octanol–water partition coefficient (Wildman–Crippen LogP) is 20.5. The average molecular weight is 1020 g/mol. The normalized spacial score (nSPS) is 11.1. The SMILES string of the molecule is CCCCCCCCCCC(=O)OCCCCCCCCCOC(=O)CCCCCCCCCC.CCCCCCCCCCCC(=O)OCCCCCCCCCOC(=O)CCCCCCCCCCC. The van der Waals surface area contributed by atoms with Gasteiger partial charge in [-0.05, 0) is 51.4 Å². The Hall–Kier alpha value is -2.12. The lowest BCUT2D eigenvalue weighted by atomic mass is 10.1. The van der Waals surface area contributed by atoms with Crippen LogP contribution in [0.3, 0.4) is 0 Å². The molecular weight excluding hydrogens is 897 g/mol. The Bertz CT molecular complexity index is 1010. The average Bonchev–Trinajstić information content (AvgIpc) is 3.38. The van der Waals surface area contributed by atoms with E-state index in [4.69, 9.17) is 18.9 Å². The molecule has 428 valence electrons. The van der Waals surface area contributed by atoms with Crippen molar-refractivity contribution in [2.24, 2.45) is 0 Å². The Morgan fingerprint density at radius 2 is 0.306 bits per heavy atom. The smallest absolute Gasteiger partial charge is 0.305 e. The summed E-state index contributed by atoms with van der Waals surface area (Å²) in [5, 5.41) is 0. The van der Waals surface area contributed by atoms with Crippen molar-refractivity contribution in [1.29, 1.82) is 0 Å². The second-order valence-electron chi connectivity index (χ2n) is 21.4. The molecule has 0 radical (unpaired) electrons. The monoisotopic (exact) mass is 1020 g/mol. The summed E-state index contributed by atoms with van der Waals surface area (Å²) in [6.07, 6.45) is 60.8. The van der Waals surface area contributed by atoms with Crippen LogP contribution in [0.15, 0.2) is 0 Å². The van der Waals surface area contributed by atoms with E-state index in [9.17, 15) is 19.2 Å². The van der Waals surface area contributed by atoms with E-state index in [0.29, 0.717) is 52.1 Å². The highest BCUT2D eigenvalue weighted by Gasteiger charge is 2.07. The zero-order valence-corrected chi connectivity index (χ0v) is 48.9. The highest BCUT2D eigenvalue weighted by atomic mass is 16.5. The van der Waals surface area contributed by atoms with E-state index < -0.39 is 0 Å². The van der Waals surface area contributed by atoms with Crippen molar-refractivity contribution >= 4 is 23.9 Å². The molecule has 0 bridgehead atoms. The number of esters is 4. The van der Waals surface area contributed by atoms with Gasteiger partial charge in [0.15, 0.2) is 0 Å². The number of carbonyl (C=O) groups is 4. The van der Waals surface area contributed by atoms with Crippen molar-refractivity contribution < 1.29 is 38.1 Å². The zero-order chi connectivity index (χ0) is 52.7. The summed E-state index contributed by atoms with van der Waals surface area (Å²) in [6.45, 7) is 11.3. The summed E-state index contributed by atoms with van der Waals surface area (Å²) in [7, 11) is 0. The first-order valence-corrected chi connectivity index (χ1v) is 32.0. The molecule has 8 heteroatoms. The molecule has 0 aliphatic carbocycles. The van der Waals surface area contributed by atoms with Gasteiger partial charge in [-0.3, -0.25) is 19.2 Å². The van der Waals surface area contributed by atoms with Crippen molar-refractivity contribution in [3.63, 3.8) is 0 Å². The first-order valence-electron chi connectivity index (χ1n) is 32.0. The molecule has 0 saturated heterocycles. The van der Waals surface area contributed by atoms with Gasteiger partial charge in [0.05, 0.1) is 26.4 Å². The minimum Gasteiger partial charge on any atom is -0.466 e. The van der Waals surface area contributed by atoms with Crippen molar-refractivity contribution in [3.05, 3.63) is 0 Å². The number of hydrogen-bond acceptors (Lipinski definition) is 8. The van der Waals surface area contributed by atoms with Crippen LogP contribution >= 0.6 is 0 Å². The molecule has 0 rings (SSSR count). The molecule has 0 unspecified atom stereocenters. The van der Waals surface area contributed by atoms with Gasteiger partial charge in [0, 0.05) is 25.7 Å². The van der Waals surface area contributed by atoms with Gasteiger partial charge in [0.25, 0.3) is 0 Å². The van der Waals surface area contributed by atoms with Gasteiger partial charge in [-0.1, -0.05) is 285 Å². The standard InChI is InChI=1S/C33H64O4.C31H60O4/c1-3-5-7-9-11-13-16-20-24-28-32(34)36-30-26-22-18-15-19-23-27-31-37-33(35)29-25-21-17-14-12-10-8-6-4-2;1-3-5-7-9-11-14-18-22-26-30(32)34-28-24-20-16-13-17-21-25-29-35-31(33)27-23-19-15-12-10-8-6-4-2/h3-31H2,1-2H3;3-29H2,1-2H3. The van der Waals surface area contributed by atoms with Gasteiger partial charge < -0.3 is 18.9 Å². The van der Waals surface area contributed by atoms with E-state index in [0.717, 1.165) is 103 Å². The van der Waals surface area contributed by atoms with Crippen molar-refractivity contribution in [1.82, 2.24) is 0 Å². The molecule has 0 saturated carbocycles. The maximum atomic E-state index is 11.8. The van der Waals surface area contributed by atoms with Gasteiger partial charge in [-0.25, -0.2) is 0 Å². The third-order valence-corrected chi connectivity index (χ3v) is 14.1. The predicted molar refractivity (Wildman–Crippen MR) is 307 cm³/mol. The number of unbranched alkanes of at least 4 members (excludes halogenated alkanes) is 42. The van der Waals surface area contributed by atoms with Gasteiger partial charge in [0.1, 0.15) is 0 Å². The van der Waals surface area contributed by atoms with Crippen LogP contribution in [0.5, 0.6) is 0 Å². The van der Waals surface area contributed by atoms with Crippen molar-refractivity contribution in [3.8, 4) is 0 Å². The van der Waals surface area contributed by atoms with Gasteiger partial charge in [-0.2, -0.15) is 0 Å². The fourth-order valence-corrected chi connectivity index (χ4v) is 9.18. The second kappa shape index (κ2) is 65.0. The number of hydrogen-bond donors (Lipinski definition) is 0. The molecule has 0 aliphatic rings. The molecule has 0 aromatic rings. The van der Waals surface area contributed by atoms with Crippen LogP contribution in [-0.4, -0.2) is 50.3 Å². The van der Waals surface area contributed by atoms with Crippen LogP contribution in [0.1, 0.15) is 362 Å². The number of rotatable bonds is 58. The highest BCUT2D eigenvalue weighted by Crippen LogP contribution is 2.16. The number of carbonyl (C=O) groups excluding carboxylic acids is 4. The first-order chi connectivity index (χ1) is 35.4. The summed E-state index contributed by atoms with van der Waals surface area (Å²) < 4.78 is 21.5. The first kappa shape index (κ1) is 72.0. The summed E-state index contributed by atoms with van der Waals surface area (Å²) in [5.41, 5.74) is 0. The third kappa shape index (κ3) is 65.9. The molecule has 0 aliphatic heterocycles. The molecule has 0 fully saturated rings. The topological polar surface area (TPSA) is 105 Å². The molecule has 8 nitrogen and oxygen atoms in total. The molecule has 0 aromatic heterocycles. The molecule has 0 heterocycles. The molecule has 0 aromatic carbocycles. The maximum absolute atomic E-state index is 11.8.